The molecule has 0 bridgehead atoms. The molecule has 9 heteroatoms. The number of alkyl halides is 5. The number of carbonyl (C=O) groups excluding carboxylic acids is 2. The molecule has 0 aromatic rings. The Hall–Kier alpha value is -1.41. The maximum Gasteiger partial charge on any atom is 0.465 e. The minimum Gasteiger partial charge on any atom is -0.462 e. The molecule has 1 atom stereocenters. The quantitative estimate of drug-likeness (QED) is 0.373. The third-order valence-corrected chi connectivity index (χ3v) is 4.15. The van der Waals surface area contributed by atoms with Crippen LogP contribution in [0, 0.1) is 16.2 Å². The molecule has 0 rings (SSSR count). The average Bonchev–Trinajstić information content (AvgIpc) is 2.38. The monoisotopic (exact) mass is 390 g/mol. The van der Waals surface area contributed by atoms with E-state index in [2.05, 4.69) is 4.74 Å². The van der Waals surface area contributed by atoms with Crippen molar-refractivity contribution >= 4 is 11.9 Å². The van der Waals surface area contributed by atoms with Crippen molar-refractivity contribution in [2.45, 2.75) is 67.0 Å². The second-order valence-corrected chi connectivity index (χ2v) is 8.66. The van der Waals surface area contributed by atoms with E-state index in [4.69, 9.17) is 4.74 Å². The molecule has 0 aromatic heterocycles. The number of ether oxygens (including phenoxy) is 2. The van der Waals surface area contributed by atoms with Gasteiger partial charge in [0, 0.05) is 0 Å². The van der Waals surface area contributed by atoms with Gasteiger partial charge < -0.3 is 9.47 Å². The minimum atomic E-state index is -6.04. The summed E-state index contributed by atoms with van der Waals surface area (Å²) < 4.78 is 70.4. The van der Waals surface area contributed by atoms with Crippen molar-refractivity contribution < 1.29 is 41.0 Å². The molecule has 1 unspecified atom stereocenters. The Kier molecular flexibility index (Phi) is 7.26. The molecule has 0 fully saturated rings. The van der Waals surface area contributed by atoms with E-state index in [1.165, 1.54) is 0 Å². The lowest BCUT2D eigenvalue weighted by atomic mass is 9.61. The highest BCUT2D eigenvalue weighted by Crippen LogP contribution is 2.47. The fourth-order valence-corrected chi connectivity index (χ4v) is 2.34. The maximum atomic E-state index is 12.7. The molecule has 0 spiro atoms. The molecule has 0 aliphatic rings. The van der Waals surface area contributed by atoms with Crippen molar-refractivity contribution in [3.63, 3.8) is 0 Å². The predicted octanol–water partition coefficient (Wildman–Crippen LogP) is 4.76. The normalized spacial score (nSPS) is 16.0. The van der Waals surface area contributed by atoms with E-state index in [0.717, 1.165) is 0 Å². The van der Waals surface area contributed by atoms with Crippen molar-refractivity contribution in [2.75, 3.05) is 13.2 Å². The van der Waals surface area contributed by atoms with E-state index in [1.807, 2.05) is 41.5 Å². The number of esters is 2. The van der Waals surface area contributed by atoms with E-state index >= 15 is 0 Å². The SMILES string of the molecule is CC(C)(C)CC(C)(C(=O)OCCOC(=O)C(F)(F)C(F)(F)F)C(C)(C)C. The molecule has 26 heavy (non-hydrogen) atoms. The number of hydrogen-bond acceptors (Lipinski definition) is 4. The zero-order valence-electron chi connectivity index (χ0n) is 16.1. The first-order valence-electron chi connectivity index (χ1n) is 8.05. The summed E-state index contributed by atoms with van der Waals surface area (Å²) in [6, 6.07) is 0. The lowest BCUT2D eigenvalue weighted by Crippen LogP contribution is -2.46. The highest BCUT2D eigenvalue weighted by Gasteiger charge is 2.64. The van der Waals surface area contributed by atoms with Crippen LogP contribution in [0.15, 0.2) is 0 Å². The van der Waals surface area contributed by atoms with Gasteiger partial charge in [0.1, 0.15) is 13.2 Å². The van der Waals surface area contributed by atoms with Gasteiger partial charge >= 0.3 is 24.0 Å². The fourth-order valence-electron chi connectivity index (χ4n) is 2.34. The lowest BCUT2D eigenvalue weighted by molar-refractivity contribution is -0.280. The van der Waals surface area contributed by atoms with Gasteiger partial charge in [-0.3, -0.25) is 4.79 Å². The summed E-state index contributed by atoms with van der Waals surface area (Å²) >= 11 is 0. The third-order valence-electron chi connectivity index (χ3n) is 4.15. The lowest BCUT2D eigenvalue weighted by Gasteiger charge is -2.43. The first kappa shape index (κ1) is 24.6. The summed E-state index contributed by atoms with van der Waals surface area (Å²) in [7, 11) is 0. The second-order valence-electron chi connectivity index (χ2n) is 8.66. The Morgan fingerprint density at radius 3 is 1.42 bits per heavy atom. The summed E-state index contributed by atoms with van der Waals surface area (Å²) in [4.78, 5) is 23.4. The zero-order valence-corrected chi connectivity index (χ0v) is 16.1. The Balaban J connectivity index is 4.85. The minimum absolute atomic E-state index is 0.220. The highest BCUT2D eigenvalue weighted by atomic mass is 19.4. The van der Waals surface area contributed by atoms with Crippen molar-refractivity contribution in [1.29, 1.82) is 0 Å². The van der Waals surface area contributed by atoms with Crippen LogP contribution < -0.4 is 0 Å². The van der Waals surface area contributed by atoms with Crippen molar-refractivity contribution in [3.8, 4) is 0 Å². The Labute approximate surface area is 150 Å². The van der Waals surface area contributed by atoms with Gasteiger partial charge in [0.25, 0.3) is 0 Å². The van der Waals surface area contributed by atoms with E-state index in [-0.39, 0.29) is 5.41 Å². The van der Waals surface area contributed by atoms with Crippen LogP contribution in [0.4, 0.5) is 22.0 Å². The zero-order chi connectivity index (χ0) is 21.2. The summed E-state index contributed by atoms with van der Waals surface area (Å²) in [5.74, 6) is -8.98. The van der Waals surface area contributed by atoms with Crippen LogP contribution in [-0.4, -0.2) is 37.3 Å². The number of hydrogen-bond donors (Lipinski definition) is 0. The largest absolute Gasteiger partial charge is 0.465 e. The molecule has 0 aromatic carbocycles. The van der Waals surface area contributed by atoms with Gasteiger partial charge in [-0.1, -0.05) is 41.5 Å². The molecule has 0 aliphatic carbocycles. The molecule has 0 saturated heterocycles. The molecule has 154 valence electrons. The number of halogens is 5. The molecule has 0 saturated carbocycles. The fraction of sp³-hybridized carbons (Fsp3) is 0.882. The first-order chi connectivity index (χ1) is 11.3. The smallest absolute Gasteiger partial charge is 0.462 e. The molecule has 0 heterocycles. The van der Waals surface area contributed by atoms with Gasteiger partial charge in [-0.2, -0.15) is 22.0 Å². The van der Waals surface area contributed by atoms with Crippen LogP contribution in [0.25, 0.3) is 0 Å². The molecular formula is C17H27F5O4. The van der Waals surface area contributed by atoms with Crippen LogP contribution >= 0.6 is 0 Å². The summed E-state index contributed by atoms with van der Waals surface area (Å²) in [6.45, 7) is 11.5. The van der Waals surface area contributed by atoms with E-state index in [9.17, 15) is 31.5 Å². The van der Waals surface area contributed by atoms with E-state index in [1.54, 1.807) is 6.92 Å². The van der Waals surface area contributed by atoms with Crippen LogP contribution in [-0.2, 0) is 19.1 Å². The van der Waals surface area contributed by atoms with E-state index < -0.39 is 48.1 Å². The Bertz CT molecular complexity index is 515. The maximum absolute atomic E-state index is 12.7. The van der Waals surface area contributed by atoms with Crippen LogP contribution in [0.3, 0.4) is 0 Å². The predicted molar refractivity (Wildman–Crippen MR) is 84.6 cm³/mol. The van der Waals surface area contributed by atoms with E-state index in [0.29, 0.717) is 6.42 Å². The third kappa shape index (κ3) is 6.09. The summed E-state index contributed by atoms with van der Waals surface area (Å²) in [6.07, 6.45) is -5.59. The molecule has 4 nitrogen and oxygen atoms in total. The second kappa shape index (κ2) is 7.68. The topological polar surface area (TPSA) is 52.6 Å². The van der Waals surface area contributed by atoms with Crippen molar-refractivity contribution in [1.82, 2.24) is 0 Å². The van der Waals surface area contributed by atoms with Crippen LogP contribution in [0.2, 0.25) is 0 Å². The highest BCUT2D eigenvalue weighted by molar-refractivity contribution is 5.79. The van der Waals surface area contributed by atoms with Gasteiger partial charge in [-0.15, -0.1) is 0 Å². The molecule has 0 amide bonds. The van der Waals surface area contributed by atoms with Gasteiger partial charge in [0.05, 0.1) is 5.41 Å². The molecule has 0 radical (unpaired) electrons. The number of rotatable bonds is 6. The van der Waals surface area contributed by atoms with Gasteiger partial charge in [-0.05, 0) is 24.2 Å². The van der Waals surface area contributed by atoms with Crippen LogP contribution in [0.5, 0.6) is 0 Å². The van der Waals surface area contributed by atoms with Crippen molar-refractivity contribution in [3.05, 3.63) is 0 Å². The molecule has 0 N–H and O–H groups in total. The Morgan fingerprint density at radius 2 is 1.12 bits per heavy atom. The Morgan fingerprint density at radius 1 is 0.731 bits per heavy atom. The van der Waals surface area contributed by atoms with Gasteiger partial charge in [0.2, 0.25) is 0 Å². The van der Waals surface area contributed by atoms with Crippen LogP contribution in [0.1, 0.15) is 54.9 Å². The van der Waals surface area contributed by atoms with Gasteiger partial charge in [0.15, 0.2) is 0 Å². The van der Waals surface area contributed by atoms with Crippen molar-refractivity contribution in [2.24, 2.45) is 16.2 Å². The number of carbonyl (C=O) groups is 2. The molecule has 0 aliphatic heterocycles. The average molecular weight is 390 g/mol. The molecular weight excluding hydrogens is 363 g/mol. The standard InChI is InChI=1S/C17H27F5O4/c1-13(2,3)10-15(7,14(4,5)6)11(23)25-8-9-26-12(24)16(18,19)17(20,21)22/h8-10H2,1-7H3. The first-order valence-corrected chi connectivity index (χ1v) is 8.05. The summed E-state index contributed by atoms with van der Waals surface area (Å²) in [5.41, 5.74) is -1.66. The van der Waals surface area contributed by atoms with Gasteiger partial charge in [-0.25, -0.2) is 4.79 Å². The summed E-state index contributed by atoms with van der Waals surface area (Å²) in [5, 5.41) is 0.